The minimum atomic E-state index is -3.02. The summed E-state index contributed by atoms with van der Waals surface area (Å²) >= 11 is 0. The predicted molar refractivity (Wildman–Crippen MR) is 81.0 cm³/mol. The Labute approximate surface area is 124 Å². The van der Waals surface area contributed by atoms with Gasteiger partial charge in [-0.15, -0.1) is 0 Å². The van der Waals surface area contributed by atoms with Gasteiger partial charge in [-0.25, -0.2) is 8.42 Å². The van der Waals surface area contributed by atoms with Crippen LogP contribution in [-0.4, -0.2) is 32.4 Å². The van der Waals surface area contributed by atoms with Gasteiger partial charge < -0.3 is 11.1 Å². The summed E-state index contributed by atoms with van der Waals surface area (Å²) in [6, 6.07) is 7.49. The molecule has 2 rings (SSSR count). The zero-order chi connectivity index (χ0) is 15.3. The molecule has 6 heteroatoms. The lowest BCUT2D eigenvalue weighted by atomic mass is 10.1. The van der Waals surface area contributed by atoms with Crippen molar-refractivity contribution in [3.8, 4) is 11.8 Å². The van der Waals surface area contributed by atoms with Crippen LogP contribution >= 0.6 is 0 Å². The van der Waals surface area contributed by atoms with Crippen molar-refractivity contribution >= 4 is 15.7 Å². The van der Waals surface area contributed by atoms with Crippen molar-refractivity contribution in [1.82, 2.24) is 5.32 Å². The van der Waals surface area contributed by atoms with E-state index >= 15 is 0 Å². The molecule has 0 aliphatic carbocycles. The molecule has 0 saturated carbocycles. The summed E-state index contributed by atoms with van der Waals surface area (Å²) in [5.41, 5.74) is 7.12. The summed E-state index contributed by atoms with van der Waals surface area (Å²) in [5.74, 6) is 5.16. The third-order valence-electron chi connectivity index (χ3n) is 3.36. The molecule has 1 atom stereocenters. The zero-order valence-corrected chi connectivity index (χ0v) is 12.4. The van der Waals surface area contributed by atoms with Crippen LogP contribution in [0.3, 0.4) is 0 Å². The van der Waals surface area contributed by atoms with Crippen LogP contribution in [0.5, 0.6) is 0 Å². The minimum Gasteiger partial charge on any atom is -0.352 e. The fraction of sp³-hybridized carbons (Fsp3) is 0.400. The van der Waals surface area contributed by atoms with Crippen molar-refractivity contribution in [2.24, 2.45) is 11.7 Å². The highest BCUT2D eigenvalue weighted by molar-refractivity contribution is 7.91. The Hall–Kier alpha value is -1.84. The lowest BCUT2D eigenvalue weighted by molar-refractivity contribution is -0.124. The van der Waals surface area contributed by atoms with Crippen LogP contribution in [-0.2, 0) is 21.2 Å². The molecular formula is C15H18N2O3S. The molecule has 1 fully saturated rings. The summed E-state index contributed by atoms with van der Waals surface area (Å²) in [6.45, 7) is 0.710. The van der Waals surface area contributed by atoms with Crippen molar-refractivity contribution in [2.45, 2.75) is 13.0 Å². The van der Waals surface area contributed by atoms with Crippen LogP contribution in [0.25, 0.3) is 0 Å². The monoisotopic (exact) mass is 306 g/mol. The van der Waals surface area contributed by atoms with E-state index in [0.29, 0.717) is 19.5 Å². The second kappa shape index (κ2) is 6.74. The largest absolute Gasteiger partial charge is 0.352 e. The molecule has 1 saturated heterocycles. The van der Waals surface area contributed by atoms with E-state index in [4.69, 9.17) is 5.73 Å². The van der Waals surface area contributed by atoms with Crippen molar-refractivity contribution in [2.75, 3.05) is 18.1 Å². The van der Waals surface area contributed by atoms with Crippen LogP contribution in [0.4, 0.5) is 0 Å². The second-order valence-electron chi connectivity index (χ2n) is 5.02. The highest BCUT2D eigenvalue weighted by Crippen LogP contribution is 2.18. The number of rotatable bonds is 3. The number of hydrogen-bond acceptors (Lipinski definition) is 4. The van der Waals surface area contributed by atoms with E-state index in [1.807, 2.05) is 24.3 Å². The molecule has 1 heterocycles. The Kier molecular flexibility index (Phi) is 4.99. The Morgan fingerprint density at radius 3 is 2.62 bits per heavy atom. The van der Waals surface area contributed by atoms with E-state index in [1.165, 1.54) is 0 Å². The molecule has 3 N–H and O–H groups in total. The number of carbonyl (C=O) groups excluding carboxylic acids is 1. The van der Waals surface area contributed by atoms with E-state index in [1.54, 1.807) is 0 Å². The molecule has 5 nitrogen and oxygen atoms in total. The minimum absolute atomic E-state index is 0.0353. The standard InChI is InChI=1S/C15H18N2O3S/c16-8-1-2-12-3-5-13(6-4-12)10-17-15(18)14-7-9-21(19,20)11-14/h3-6,14H,7-11,16H2,(H,17,18). The Balaban J connectivity index is 1.87. The molecule has 0 aromatic heterocycles. The number of sulfone groups is 1. The van der Waals surface area contributed by atoms with Gasteiger partial charge >= 0.3 is 0 Å². The quantitative estimate of drug-likeness (QED) is 0.772. The summed E-state index contributed by atoms with van der Waals surface area (Å²) in [4.78, 5) is 11.9. The number of amides is 1. The molecule has 1 aromatic rings. The Morgan fingerprint density at radius 2 is 2.05 bits per heavy atom. The molecule has 0 radical (unpaired) electrons. The molecule has 1 aliphatic rings. The molecule has 1 unspecified atom stereocenters. The highest BCUT2D eigenvalue weighted by atomic mass is 32.2. The first-order valence-corrected chi connectivity index (χ1v) is 8.58. The topological polar surface area (TPSA) is 89.3 Å². The average Bonchev–Trinajstić information content (AvgIpc) is 2.84. The molecule has 112 valence electrons. The van der Waals surface area contributed by atoms with Gasteiger partial charge in [0.05, 0.1) is 24.0 Å². The van der Waals surface area contributed by atoms with Crippen molar-refractivity contribution in [3.63, 3.8) is 0 Å². The van der Waals surface area contributed by atoms with Crippen LogP contribution in [0, 0.1) is 17.8 Å². The van der Waals surface area contributed by atoms with E-state index in [9.17, 15) is 13.2 Å². The van der Waals surface area contributed by atoms with Crippen LogP contribution in [0.2, 0.25) is 0 Å². The average molecular weight is 306 g/mol. The molecule has 0 spiro atoms. The molecule has 21 heavy (non-hydrogen) atoms. The van der Waals surface area contributed by atoms with Crippen molar-refractivity contribution < 1.29 is 13.2 Å². The van der Waals surface area contributed by atoms with Gasteiger partial charge in [-0.2, -0.15) is 0 Å². The fourth-order valence-electron chi connectivity index (χ4n) is 2.19. The van der Waals surface area contributed by atoms with E-state index in [2.05, 4.69) is 17.2 Å². The van der Waals surface area contributed by atoms with Crippen molar-refractivity contribution in [1.29, 1.82) is 0 Å². The van der Waals surface area contributed by atoms with Crippen LogP contribution < -0.4 is 11.1 Å². The molecule has 0 bridgehead atoms. The first-order valence-electron chi connectivity index (χ1n) is 6.76. The van der Waals surface area contributed by atoms with Gasteiger partial charge in [-0.05, 0) is 24.1 Å². The summed E-state index contributed by atoms with van der Waals surface area (Å²) in [6.07, 6.45) is 0.418. The number of carbonyl (C=O) groups is 1. The lowest BCUT2D eigenvalue weighted by Gasteiger charge is -2.09. The van der Waals surface area contributed by atoms with Gasteiger partial charge in [0.15, 0.2) is 9.84 Å². The zero-order valence-electron chi connectivity index (χ0n) is 11.6. The fourth-order valence-corrected chi connectivity index (χ4v) is 3.94. The number of nitrogens with two attached hydrogens (primary N) is 1. The van der Waals surface area contributed by atoms with E-state index < -0.39 is 15.8 Å². The smallest absolute Gasteiger partial charge is 0.224 e. The number of benzene rings is 1. The maximum absolute atomic E-state index is 11.9. The van der Waals surface area contributed by atoms with Gasteiger partial charge in [0.25, 0.3) is 0 Å². The third kappa shape index (κ3) is 4.59. The first kappa shape index (κ1) is 15.5. The summed E-state index contributed by atoms with van der Waals surface area (Å²) in [5, 5.41) is 2.78. The SMILES string of the molecule is NCC#Cc1ccc(CNC(=O)C2CCS(=O)(=O)C2)cc1. The summed E-state index contributed by atoms with van der Waals surface area (Å²) in [7, 11) is -3.02. The third-order valence-corrected chi connectivity index (χ3v) is 5.13. The van der Waals surface area contributed by atoms with Gasteiger partial charge in [-0.1, -0.05) is 24.0 Å². The van der Waals surface area contributed by atoms with Crippen LogP contribution in [0.1, 0.15) is 17.5 Å². The maximum Gasteiger partial charge on any atom is 0.224 e. The second-order valence-corrected chi connectivity index (χ2v) is 7.25. The molecular weight excluding hydrogens is 288 g/mol. The van der Waals surface area contributed by atoms with Gasteiger partial charge in [-0.3, -0.25) is 4.79 Å². The first-order chi connectivity index (χ1) is 10.00. The van der Waals surface area contributed by atoms with E-state index in [0.717, 1.165) is 11.1 Å². The van der Waals surface area contributed by atoms with Crippen molar-refractivity contribution in [3.05, 3.63) is 35.4 Å². The van der Waals surface area contributed by atoms with E-state index in [-0.39, 0.29) is 17.4 Å². The summed E-state index contributed by atoms with van der Waals surface area (Å²) < 4.78 is 22.7. The predicted octanol–water partition coefficient (Wildman–Crippen LogP) is 0.0477. The molecule has 1 aliphatic heterocycles. The number of nitrogens with one attached hydrogen (secondary N) is 1. The Bertz CT molecular complexity index is 669. The van der Waals surface area contributed by atoms with Gasteiger partial charge in [0.1, 0.15) is 0 Å². The lowest BCUT2D eigenvalue weighted by Crippen LogP contribution is -2.30. The highest BCUT2D eigenvalue weighted by Gasteiger charge is 2.32. The van der Waals surface area contributed by atoms with Gasteiger partial charge in [0, 0.05) is 12.1 Å². The maximum atomic E-state index is 11.9. The Morgan fingerprint density at radius 1 is 1.33 bits per heavy atom. The molecule has 1 aromatic carbocycles. The molecule has 1 amide bonds. The van der Waals surface area contributed by atoms with Crippen LogP contribution in [0.15, 0.2) is 24.3 Å². The van der Waals surface area contributed by atoms with Gasteiger partial charge in [0.2, 0.25) is 5.91 Å². The number of hydrogen-bond donors (Lipinski definition) is 2. The normalized spacial score (nSPS) is 19.6.